The zero-order valence-electron chi connectivity index (χ0n) is 16.3. The van der Waals surface area contributed by atoms with Crippen LogP contribution in [0.2, 0.25) is 0 Å². The molecule has 0 N–H and O–H groups in total. The highest BCUT2D eigenvalue weighted by Crippen LogP contribution is 2.37. The molecule has 1 amide bonds. The minimum absolute atomic E-state index is 0.0743. The number of carbonyl (C=O) groups is 1. The smallest absolute Gasteiger partial charge is 0.244 e. The molecule has 1 aromatic carbocycles. The van der Waals surface area contributed by atoms with Crippen molar-refractivity contribution in [1.82, 2.24) is 24.6 Å². The van der Waals surface area contributed by atoms with Crippen molar-refractivity contribution >= 4 is 11.9 Å². The Morgan fingerprint density at radius 2 is 1.93 bits per heavy atom. The topological polar surface area (TPSA) is 76.4 Å². The molecule has 1 saturated heterocycles. The van der Waals surface area contributed by atoms with E-state index < -0.39 is 0 Å². The highest BCUT2D eigenvalue weighted by Gasteiger charge is 2.26. The Bertz CT molecular complexity index is 1040. The normalized spacial score (nSPS) is 15.5. The number of amides is 1. The molecule has 0 atom stereocenters. The third kappa shape index (κ3) is 3.30. The molecule has 4 heterocycles. The maximum absolute atomic E-state index is 13.0. The quantitative estimate of drug-likeness (QED) is 0.680. The number of hydrogen-bond acceptors (Lipinski definition) is 6. The first kappa shape index (κ1) is 17.7. The second-order valence-electron chi connectivity index (χ2n) is 7.38. The second kappa shape index (κ2) is 7.20. The number of piperazine rings is 1. The molecule has 1 fully saturated rings. The monoisotopic (exact) mass is 390 g/mol. The van der Waals surface area contributed by atoms with Gasteiger partial charge in [0, 0.05) is 49.7 Å². The average molecular weight is 390 g/mol. The van der Waals surface area contributed by atoms with Gasteiger partial charge < -0.3 is 14.5 Å². The summed E-state index contributed by atoms with van der Waals surface area (Å²) in [6.07, 6.45) is 5.28. The Labute approximate surface area is 168 Å². The third-order valence-electron chi connectivity index (χ3n) is 5.44. The molecule has 2 aliphatic rings. The summed E-state index contributed by atoms with van der Waals surface area (Å²) in [7, 11) is 0. The summed E-state index contributed by atoms with van der Waals surface area (Å²) in [6.45, 7) is 5.51. The highest BCUT2D eigenvalue weighted by molar-refractivity contribution is 5.79. The average Bonchev–Trinajstić information content (AvgIpc) is 3.17. The number of benzene rings is 1. The van der Waals surface area contributed by atoms with Crippen molar-refractivity contribution in [2.75, 3.05) is 31.1 Å². The van der Waals surface area contributed by atoms with Crippen molar-refractivity contribution < 1.29 is 9.53 Å². The molecule has 2 aromatic heterocycles. The molecule has 0 unspecified atom stereocenters. The molecule has 0 bridgehead atoms. The number of fused-ring (bicyclic) bond motifs is 3. The lowest BCUT2D eigenvalue weighted by Crippen LogP contribution is -2.50. The molecule has 29 heavy (non-hydrogen) atoms. The van der Waals surface area contributed by atoms with Crippen LogP contribution >= 0.6 is 0 Å². The summed E-state index contributed by atoms with van der Waals surface area (Å²) in [6, 6.07) is 7.91. The Morgan fingerprint density at radius 1 is 1.14 bits per heavy atom. The molecule has 0 radical (unpaired) electrons. The summed E-state index contributed by atoms with van der Waals surface area (Å²) < 4.78 is 7.64. The molecular weight excluding hydrogens is 368 g/mol. The van der Waals surface area contributed by atoms with Gasteiger partial charge in [-0.25, -0.2) is 9.97 Å². The predicted molar refractivity (Wildman–Crippen MR) is 108 cm³/mol. The van der Waals surface area contributed by atoms with Crippen LogP contribution < -0.4 is 9.64 Å². The number of aryl methyl sites for hydroxylation is 1. The number of anilines is 1. The van der Waals surface area contributed by atoms with Crippen LogP contribution in [0.15, 0.2) is 42.9 Å². The number of aromatic nitrogens is 4. The highest BCUT2D eigenvalue weighted by atomic mass is 16.5. The summed E-state index contributed by atoms with van der Waals surface area (Å²) in [5.41, 5.74) is 4.16. The van der Waals surface area contributed by atoms with Crippen LogP contribution in [0.1, 0.15) is 11.1 Å². The summed E-state index contributed by atoms with van der Waals surface area (Å²) in [5.74, 6) is 1.63. The van der Waals surface area contributed by atoms with E-state index in [0.717, 1.165) is 41.2 Å². The Morgan fingerprint density at radius 3 is 2.72 bits per heavy atom. The predicted octanol–water partition coefficient (Wildman–Crippen LogP) is 1.89. The molecule has 0 spiro atoms. The summed E-state index contributed by atoms with van der Waals surface area (Å²) in [5, 5.41) is 4.48. The van der Waals surface area contributed by atoms with Gasteiger partial charge in [-0.3, -0.25) is 9.48 Å². The Kier molecular flexibility index (Phi) is 4.38. The van der Waals surface area contributed by atoms with Gasteiger partial charge in [-0.15, -0.1) is 0 Å². The number of nitrogens with zero attached hydrogens (tertiary/aromatic N) is 6. The lowest BCUT2D eigenvalue weighted by Gasteiger charge is -2.34. The Balaban J connectivity index is 1.30. The maximum Gasteiger partial charge on any atom is 0.244 e. The molecular formula is C21H22N6O2. The molecule has 2 aliphatic heterocycles. The fraction of sp³-hybridized carbons (Fsp3) is 0.333. The van der Waals surface area contributed by atoms with Crippen LogP contribution in [0.5, 0.6) is 5.75 Å². The van der Waals surface area contributed by atoms with E-state index in [1.54, 1.807) is 24.7 Å². The number of carbonyl (C=O) groups excluding carboxylic acids is 1. The zero-order valence-corrected chi connectivity index (χ0v) is 16.3. The van der Waals surface area contributed by atoms with Crippen molar-refractivity contribution in [3.05, 3.63) is 54.0 Å². The van der Waals surface area contributed by atoms with Crippen LogP contribution in [0.3, 0.4) is 0 Å². The van der Waals surface area contributed by atoms with Crippen molar-refractivity contribution in [2.24, 2.45) is 0 Å². The second-order valence-corrected chi connectivity index (χ2v) is 7.38. The van der Waals surface area contributed by atoms with E-state index >= 15 is 0 Å². The minimum Gasteiger partial charge on any atom is -0.488 e. The van der Waals surface area contributed by atoms with Gasteiger partial charge in [-0.2, -0.15) is 5.10 Å². The largest absolute Gasteiger partial charge is 0.488 e. The van der Waals surface area contributed by atoms with E-state index in [9.17, 15) is 4.79 Å². The third-order valence-corrected chi connectivity index (χ3v) is 5.44. The number of ether oxygens (including phenoxy) is 1. The van der Waals surface area contributed by atoms with Gasteiger partial charge in [0.15, 0.2) is 0 Å². The zero-order chi connectivity index (χ0) is 19.8. The maximum atomic E-state index is 13.0. The molecule has 3 aromatic rings. The molecule has 5 rings (SSSR count). The van der Waals surface area contributed by atoms with E-state index in [2.05, 4.69) is 33.0 Å². The fourth-order valence-electron chi connectivity index (χ4n) is 3.91. The van der Waals surface area contributed by atoms with Crippen molar-refractivity contribution in [3.63, 3.8) is 0 Å². The number of rotatable bonds is 3. The van der Waals surface area contributed by atoms with Crippen molar-refractivity contribution in [3.8, 4) is 17.0 Å². The van der Waals surface area contributed by atoms with Gasteiger partial charge in [0.05, 0.1) is 11.9 Å². The first-order valence-corrected chi connectivity index (χ1v) is 9.77. The molecule has 0 saturated carbocycles. The minimum atomic E-state index is 0.0743. The lowest BCUT2D eigenvalue weighted by molar-refractivity contribution is -0.132. The van der Waals surface area contributed by atoms with Gasteiger partial charge in [-0.05, 0) is 25.1 Å². The molecule has 8 heteroatoms. The van der Waals surface area contributed by atoms with E-state index in [1.807, 2.05) is 21.7 Å². The molecule has 0 aliphatic carbocycles. The lowest BCUT2D eigenvalue weighted by atomic mass is 10.0. The van der Waals surface area contributed by atoms with Crippen molar-refractivity contribution in [2.45, 2.75) is 20.1 Å². The van der Waals surface area contributed by atoms with E-state index in [1.165, 1.54) is 0 Å². The van der Waals surface area contributed by atoms with Gasteiger partial charge in [0.25, 0.3) is 0 Å². The van der Waals surface area contributed by atoms with E-state index in [-0.39, 0.29) is 12.5 Å². The van der Waals surface area contributed by atoms with E-state index in [0.29, 0.717) is 25.6 Å². The molecule has 148 valence electrons. The van der Waals surface area contributed by atoms with Crippen LogP contribution in [0, 0.1) is 6.92 Å². The summed E-state index contributed by atoms with van der Waals surface area (Å²) in [4.78, 5) is 25.5. The van der Waals surface area contributed by atoms with Crippen LogP contribution in [-0.4, -0.2) is 56.7 Å². The standard InChI is InChI=1S/C21H22N6O2/c1-15-3-4-18-17(11-15)20-16(14-29-18)12-24-27(20)13-19(28)25-7-9-26(10-8-25)21-22-5-2-6-23-21/h2-6,11-12H,7-10,13-14H2,1H3. The first-order valence-electron chi connectivity index (χ1n) is 9.77. The van der Waals surface area contributed by atoms with Gasteiger partial charge >= 0.3 is 0 Å². The molecule has 8 nitrogen and oxygen atoms in total. The van der Waals surface area contributed by atoms with Crippen LogP contribution in [0.25, 0.3) is 11.3 Å². The number of hydrogen-bond donors (Lipinski definition) is 0. The fourth-order valence-corrected chi connectivity index (χ4v) is 3.91. The van der Waals surface area contributed by atoms with Crippen LogP contribution in [-0.2, 0) is 17.9 Å². The Hall–Kier alpha value is -3.42. The van der Waals surface area contributed by atoms with Crippen molar-refractivity contribution in [1.29, 1.82) is 0 Å². The van der Waals surface area contributed by atoms with Gasteiger partial charge in [-0.1, -0.05) is 11.6 Å². The SMILES string of the molecule is Cc1ccc2c(c1)-c1c(cnn1CC(=O)N1CCN(c3ncccn3)CC1)CO2. The van der Waals surface area contributed by atoms with Crippen LogP contribution in [0.4, 0.5) is 5.95 Å². The first-order chi connectivity index (χ1) is 14.2. The van der Waals surface area contributed by atoms with Gasteiger partial charge in [0.1, 0.15) is 18.9 Å². The van der Waals surface area contributed by atoms with E-state index in [4.69, 9.17) is 4.74 Å². The summed E-state index contributed by atoms with van der Waals surface area (Å²) >= 11 is 0. The van der Waals surface area contributed by atoms with Gasteiger partial charge in [0.2, 0.25) is 11.9 Å².